The summed E-state index contributed by atoms with van der Waals surface area (Å²) in [5, 5.41) is 6.74. The molecule has 112 valence electrons. The molecule has 0 aromatic carbocycles. The molecule has 1 fully saturated rings. The van der Waals surface area contributed by atoms with E-state index < -0.39 is 0 Å². The number of hydrogen-bond acceptors (Lipinski definition) is 5. The largest absolute Gasteiger partial charge is 0.381 e. The van der Waals surface area contributed by atoms with E-state index in [0.717, 1.165) is 55.1 Å². The second kappa shape index (κ2) is 6.88. The Morgan fingerprint density at radius 1 is 1.25 bits per heavy atom. The molecule has 0 bridgehead atoms. The van der Waals surface area contributed by atoms with Gasteiger partial charge in [0.1, 0.15) is 17.5 Å². The summed E-state index contributed by atoms with van der Waals surface area (Å²) in [6.07, 6.45) is 5.67. The fourth-order valence-corrected chi connectivity index (χ4v) is 2.76. The van der Waals surface area contributed by atoms with Gasteiger partial charge in [0, 0.05) is 32.2 Å². The van der Waals surface area contributed by atoms with Gasteiger partial charge >= 0.3 is 0 Å². The molecule has 20 heavy (non-hydrogen) atoms. The van der Waals surface area contributed by atoms with Crippen LogP contribution >= 0.6 is 0 Å². The van der Waals surface area contributed by atoms with Crippen LogP contribution in [0.15, 0.2) is 0 Å². The molecule has 1 heterocycles. The number of nitrogens with zero attached hydrogens (tertiary/aromatic N) is 2. The Kier molecular flexibility index (Phi) is 5.17. The number of nitrogens with one attached hydrogen (secondary N) is 2. The van der Waals surface area contributed by atoms with Crippen molar-refractivity contribution in [2.24, 2.45) is 0 Å². The van der Waals surface area contributed by atoms with Crippen LogP contribution in [0.2, 0.25) is 0 Å². The standard InChI is InChI=1S/C15H26N4O/c1-5-6-13-18-14(16-3)10(2)15(19-13)17-11-7-8-12(9-11)20-4/h11-12H,5-9H2,1-4H3,(H2,16,17,18,19). The number of hydrogen-bond donors (Lipinski definition) is 2. The number of anilines is 2. The van der Waals surface area contributed by atoms with Crippen molar-refractivity contribution in [1.29, 1.82) is 0 Å². The maximum Gasteiger partial charge on any atom is 0.134 e. The van der Waals surface area contributed by atoms with E-state index in [9.17, 15) is 0 Å². The normalized spacial score (nSPS) is 22.0. The number of ether oxygens (including phenoxy) is 1. The Bertz CT molecular complexity index is 450. The molecule has 1 aromatic rings. The highest BCUT2D eigenvalue weighted by Crippen LogP contribution is 2.27. The van der Waals surface area contributed by atoms with Crippen LogP contribution in [-0.2, 0) is 11.2 Å². The quantitative estimate of drug-likeness (QED) is 0.838. The van der Waals surface area contributed by atoms with Crippen molar-refractivity contribution in [2.45, 2.75) is 58.1 Å². The third-order valence-electron chi connectivity index (χ3n) is 3.96. The van der Waals surface area contributed by atoms with Crippen molar-refractivity contribution in [2.75, 3.05) is 24.8 Å². The lowest BCUT2D eigenvalue weighted by molar-refractivity contribution is 0.108. The van der Waals surface area contributed by atoms with Gasteiger partial charge in [-0.2, -0.15) is 0 Å². The van der Waals surface area contributed by atoms with E-state index >= 15 is 0 Å². The zero-order valence-corrected chi connectivity index (χ0v) is 13.0. The number of aryl methyl sites for hydroxylation is 1. The molecule has 2 unspecified atom stereocenters. The summed E-state index contributed by atoms with van der Waals surface area (Å²) in [5.74, 6) is 2.80. The van der Waals surface area contributed by atoms with Gasteiger partial charge in [0.05, 0.1) is 6.10 Å². The Labute approximate surface area is 121 Å². The lowest BCUT2D eigenvalue weighted by atomic mass is 10.2. The Hall–Kier alpha value is -1.36. The molecule has 0 amide bonds. The SMILES string of the molecule is CCCc1nc(NC)c(C)c(NC2CCC(OC)C2)n1. The predicted molar refractivity (Wildman–Crippen MR) is 82.4 cm³/mol. The first kappa shape index (κ1) is 15.0. The summed E-state index contributed by atoms with van der Waals surface area (Å²) < 4.78 is 5.43. The molecule has 1 aliphatic carbocycles. The Morgan fingerprint density at radius 3 is 2.60 bits per heavy atom. The smallest absolute Gasteiger partial charge is 0.134 e. The number of rotatable bonds is 6. The second-order valence-electron chi connectivity index (χ2n) is 5.47. The molecule has 5 heteroatoms. The van der Waals surface area contributed by atoms with Crippen molar-refractivity contribution in [3.8, 4) is 0 Å². The van der Waals surface area contributed by atoms with Gasteiger partial charge in [0.2, 0.25) is 0 Å². The summed E-state index contributed by atoms with van der Waals surface area (Å²) >= 11 is 0. The molecule has 5 nitrogen and oxygen atoms in total. The minimum atomic E-state index is 0.383. The first-order chi connectivity index (χ1) is 9.67. The van der Waals surface area contributed by atoms with Gasteiger partial charge in [-0.15, -0.1) is 0 Å². The molecule has 0 spiro atoms. The minimum absolute atomic E-state index is 0.383. The number of aromatic nitrogens is 2. The average molecular weight is 278 g/mol. The highest BCUT2D eigenvalue weighted by Gasteiger charge is 2.25. The third-order valence-corrected chi connectivity index (χ3v) is 3.96. The van der Waals surface area contributed by atoms with E-state index in [1.165, 1.54) is 0 Å². The molecule has 1 aromatic heterocycles. The number of methoxy groups -OCH3 is 1. The van der Waals surface area contributed by atoms with Crippen LogP contribution in [0, 0.1) is 6.92 Å². The van der Waals surface area contributed by atoms with E-state index in [1.54, 1.807) is 7.11 Å². The van der Waals surface area contributed by atoms with E-state index in [4.69, 9.17) is 4.74 Å². The van der Waals surface area contributed by atoms with Crippen molar-refractivity contribution in [3.05, 3.63) is 11.4 Å². The highest BCUT2D eigenvalue weighted by atomic mass is 16.5. The van der Waals surface area contributed by atoms with Crippen LogP contribution < -0.4 is 10.6 Å². The first-order valence-electron chi connectivity index (χ1n) is 7.52. The maximum atomic E-state index is 5.43. The van der Waals surface area contributed by atoms with Crippen molar-refractivity contribution in [3.63, 3.8) is 0 Å². The minimum Gasteiger partial charge on any atom is -0.381 e. The van der Waals surface area contributed by atoms with Crippen LogP contribution in [-0.4, -0.2) is 36.3 Å². The first-order valence-corrected chi connectivity index (χ1v) is 7.52. The monoisotopic (exact) mass is 278 g/mol. The fourth-order valence-electron chi connectivity index (χ4n) is 2.76. The molecule has 0 aliphatic heterocycles. The molecule has 1 aliphatic rings. The lowest BCUT2D eigenvalue weighted by Crippen LogP contribution is -2.20. The van der Waals surface area contributed by atoms with Crippen LogP contribution in [0.1, 0.15) is 44.0 Å². The van der Waals surface area contributed by atoms with Gasteiger partial charge in [0.15, 0.2) is 0 Å². The van der Waals surface area contributed by atoms with Crippen molar-refractivity contribution < 1.29 is 4.74 Å². The van der Waals surface area contributed by atoms with Gasteiger partial charge in [0.25, 0.3) is 0 Å². The van der Waals surface area contributed by atoms with Crippen molar-refractivity contribution >= 4 is 11.6 Å². The molecule has 2 N–H and O–H groups in total. The summed E-state index contributed by atoms with van der Waals surface area (Å²) in [5.41, 5.74) is 1.09. The fraction of sp³-hybridized carbons (Fsp3) is 0.733. The van der Waals surface area contributed by atoms with Gasteiger partial charge in [-0.25, -0.2) is 9.97 Å². The second-order valence-corrected chi connectivity index (χ2v) is 5.47. The van der Waals surface area contributed by atoms with E-state index in [1.807, 2.05) is 7.05 Å². The van der Waals surface area contributed by atoms with E-state index in [2.05, 4.69) is 34.4 Å². The van der Waals surface area contributed by atoms with E-state index in [0.29, 0.717) is 12.1 Å². The van der Waals surface area contributed by atoms with Gasteiger partial charge in [-0.05, 0) is 32.6 Å². The molecular weight excluding hydrogens is 252 g/mol. The maximum absolute atomic E-state index is 5.43. The van der Waals surface area contributed by atoms with E-state index in [-0.39, 0.29) is 0 Å². The van der Waals surface area contributed by atoms with Gasteiger partial charge < -0.3 is 15.4 Å². The molecule has 0 saturated heterocycles. The Morgan fingerprint density at radius 2 is 2.00 bits per heavy atom. The molecule has 2 atom stereocenters. The highest BCUT2D eigenvalue weighted by molar-refractivity contribution is 5.57. The van der Waals surface area contributed by atoms with Crippen LogP contribution in [0.3, 0.4) is 0 Å². The van der Waals surface area contributed by atoms with Gasteiger partial charge in [-0.3, -0.25) is 0 Å². The molecule has 0 radical (unpaired) electrons. The third kappa shape index (κ3) is 3.39. The predicted octanol–water partition coefficient (Wildman–Crippen LogP) is 2.76. The summed E-state index contributed by atoms with van der Waals surface area (Å²) in [4.78, 5) is 9.24. The van der Waals surface area contributed by atoms with Crippen LogP contribution in [0.4, 0.5) is 11.6 Å². The summed E-state index contributed by atoms with van der Waals surface area (Å²) in [6.45, 7) is 4.21. The molecular formula is C15H26N4O. The van der Waals surface area contributed by atoms with Gasteiger partial charge in [-0.1, -0.05) is 6.92 Å². The van der Waals surface area contributed by atoms with Crippen molar-refractivity contribution in [1.82, 2.24) is 9.97 Å². The summed E-state index contributed by atoms with van der Waals surface area (Å²) in [7, 11) is 3.70. The Balaban J connectivity index is 2.15. The lowest BCUT2D eigenvalue weighted by Gasteiger charge is -2.18. The topological polar surface area (TPSA) is 59.1 Å². The van der Waals surface area contributed by atoms with Crippen LogP contribution in [0.5, 0.6) is 0 Å². The molecule has 1 saturated carbocycles. The average Bonchev–Trinajstić information content (AvgIpc) is 2.90. The zero-order chi connectivity index (χ0) is 14.5. The zero-order valence-electron chi connectivity index (χ0n) is 13.0. The molecule has 2 rings (SSSR count). The van der Waals surface area contributed by atoms with Crippen LogP contribution in [0.25, 0.3) is 0 Å². The summed E-state index contributed by atoms with van der Waals surface area (Å²) in [6, 6.07) is 0.452.